The van der Waals surface area contributed by atoms with Crippen molar-refractivity contribution in [3.8, 4) is 6.07 Å². The Morgan fingerprint density at radius 3 is 2.40 bits per heavy atom. The van der Waals surface area contributed by atoms with Crippen LogP contribution in [0.15, 0.2) is 9.21 Å². The minimum absolute atomic E-state index is 0.714. The second-order valence-electron chi connectivity index (χ2n) is 3.54. The standard InChI is InChI=1S/C7H12NSi.Tl/c1-9(2,3)7-5-4-6-8;/h5H,7H2,1-3H3;. The summed E-state index contributed by atoms with van der Waals surface area (Å²) in [4.78, 5) is 0. The summed E-state index contributed by atoms with van der Waals surface area (Å²) in [5.74, 6) is 0. The molecule has 0 fully saturated rings. The molecule has 0 heterocycles. The Kier molecular flexibility index (Phi) is 4.45. The molecule has 3 heteroatoms. The molecule has 0 aliphatic rings. The summed E-state index contributed by atoms with van der Waals surface area (Å²) < 4.78 is 1.02. The van der Waals surface area contributed by atoms with Crippen molar-refractivity contribution in [2.75, 3.05) is 0 Å². The van der Waals surface area contributed by atoms with E-state index in [0.29, 0.717) is 25.8 Å². The topological polar surface area (TPSA) is 23.8 Å². The van der Waals surface area contributed by atoms with Gasteiger partial charge in [-0.25, -0.2) is 0 Å². The van der Waals surface area contributed by atoms with E-state index in [1.54, 1.807) is 0 Å². The third kappa shape index (κ3) is 6.49. The van der Waals surface area contributed by atoms with Crippen molar-refractivity contribution in [1.82, 2.24) is 0 Å². The second-order valence-corrected chi connectivity index (χ2v) is 11.5. The molecule has 0 aromatic carbocycles. The molecule has 0 saturated heterocycles. The fraction of sp³-hybridized carbons (Fsp3) is 0.571. The first-order chi connectivity index (χ1) is 4.45. The molecule has 0 unspecified atom stereocenters. The van der Waals surface area contributed by atoms with Gasteiger partial charge in [0.1, 0.15) is 0 Å². The van der Waals surface area contributed by atoms with Gasteiger partial charge in [-0.1, -0.05) is 0 Å². The zero-order chi connectivity index (χ0) is 8.20. The molecule has 0 N–H and O–H groups in total. The van der Waals surface area contributed by atoms with Crippen LogP contribution >= 0.6 is 0 Å². The maximum atomic E-state index is 8.47. The van der Waals surface area contributed by atoms with Crippen LogP contribution in [0.5, 0.6) is 0 Å². The normalized spacial score (nSPS) is 12.7. The van der Waals surface area contributed by atoms with Crippen LogP contribution in [0, 0.1) is 11.3 Å². The van der Waals surface area contributed by atoms with Gasteiger partial charge < -0.3 is 0 Å². The fourth-order valence-electron chi connectivity index (χ4n) is 0.462. The van der Waals surface area contributed by atoms with Gasteiger partial charge in [-0.15, -0.1) is 0 Å². The number of hydrogen-bond donors (Lipinski definition) is 0. The molecule has 0 radical (unpaired) electrons. The summed E-state index contributed by atoms with van der Waals surface area (Å²) in [6, 6.07) is 3.35. The summed E-state index contributed by atoms with van der Waals surface area (Å²) in [6.07, 6.45) is 2.12. The SMILES string of the molecule is C[Si](C)(C)C/C=[C](/[Tl])C#N. The Morgan fingerprint density at radius 2 is 2.10 bits per heavy atom. The van der Waals surface area contributed by atoms with Crippen molar-refractivity contribution < 1.29 is 0 Å². The third-order valence-electron chi connectivity index (χ3n) is 1.06. The van der Waals surface area contributed by atoms with Gasteiger partial charge in [0.25, 0.3) is 0 Å². The Hall–Kier alpha value is 0.369. The van der Waals surface area contributed by atoms with E-state index in [-0.39, 0.29) is 0 Å². The molecule has 52 valence electrons. The molecule has 0 aliphatic carbocycles. The molecule has 0 saturated carbocycles. The van der Waals surface area contributed by atoms with Crippen LogP contribution in [0.4, 0.5) is 0 Å². The van der Waals surface area contributed by atoms with Gasteiger partial charge >= 0.3 is 80.1 Å². The van der Waals surface area contributed by atoms with E-state index in [4.69, 9.17) is 5.26 Å². The average Bonchev–Trinajstić information content (AvgIpc) is 1.81. The molecule has 1 nitrogen and oxygen atoms in total. The van der Waals surface area contributed by atoms with E-state index in [0.717, 1.165) is 9.18 Å². The predicted octanol–water partition coefficient (Wildman–Crippen LogP) is 1.90. The van der Waals surface area contributed by atoms with Gasteiger partial charge in [0, 0.05) is 0 Å². The first-order valence-electron chi connectivity index (χ1n) is 3.31. The monoisotopic (exact) mass is 343 g/mol. The Balaban J connectivity index is 3.88. The molecular weight excluding hydrogens is 331 g/mol. The van der Waals surface area contributed by atoms with Crippen molar-refractivity contribution in [1.29, 1.82) is 5.26 Å². The molecule has 0 rings (SSSR count). The van der Waals surface area contributed by atoms with E-state index in [9.17, 15) is 0 Å². The van der Waals surface area contributed by atoms with Crippen LogP contribution in [0.25, 0.3) is 0 Å². The summed E-state index contributed by atoms with van der Waals surface area (Å²) in [6.45, 7) is 6.95. The molecule has 0 aromatic rings. The zero-order valence-corrected chi connectivity index (χ0v) is 12.3. The third-order valence-corrected chi connectivity index (χ3v) is 3.91. The van der Waals surface area contributed by atoms with E-state index >= 15 is 0 Å². The van der Waals surface area contributed by atoms with E-state index in [2.05, 4.69) is 31.8 Å². The number of allylic oxidation sites excluding steroid dienone is 2. The van der Waals surface area contributed by atoms with E-state index < -0.39 is 8.07 Å². The molecule has 0 aromatic heterocycles. The molecule has 0 amide bonds. The summed E-state index contributed by atoms with van der Waals surface area (Å²) in [7, 11) is -0.937. The van der Waals surface area contributed by atoms with Crippen molar-refractivity contribution in [3.63, 3.8) is 0 Å². The zero-order valence-electron chi connectivity index (χ0n) is 6.81. The number of rotatable bonds is 2. The predicted molar refractivity (Wildman–Crippen MR) is 47.6 cm³/mol. The molecule has 10 heavy (non-hydrogen) atoms. The van der Waals surface area contributed by atoms with E-state index in [1.165, 1.54) is 0 Å². The van der Waals surface area contributed by atoms with Gasteiger partial charge in [-0.3, -0.25) is 0 Å². The van der Waals surface area contributed by atoms with Crippen LogP contribution in [0.1, 0.15) is 0 Å². The van der Waals surface area contributed by atoms with Crippen molar-refractivity contribution in [2.24, 2.45) is 0 Å². The average molecular weight is 343 g/mol. The molecule has 0 aliphatic heterocycles. The molecule has 0 bridgehead atoms. The van der Waals surface area contributed by atoms with Gasteiger partial charge in [-0.05, 0) is 0 Å². The number of nitrogens with zero attached hydrogens (tertiary/aromatic N) is 1. The van der Waals surface area contributed by atoms with Gasteiger partial charge in [0.05, 0.1) is 0 Å². The molecule has 0 spiro atoms. The minimum atomic E-state index is -0.937. The molecule has 0 atom stereocenters. The van der Waals surface area contributed by atoms with Crippen LogP contribution in [-0.2, 0) is 0 Å². The first-order valence-corrected chi connectivity index (χ1v) is 9.26. The van der Waals surface area contributed by atoms with Crippen molar-refractivity contribution in [3.05, 3.63) is 9.21 Å². The van der Waals surface area contributed by atoms with Crippen LogP contribution in [-0.4, -0.2) is 33.8 Å². The van der Waals surface area contributed by atoms with Gasteiger partial charge in [-0.2, -0.15) is 0 Å². The Bertz CT molecular complexity index is 173. The summed E-state index contributed by atoms with van der Waals surface area (Å²) >= 11 is 0.714. The van der Waals surface area contributed by atoms with Crippen LogP contribution in [0.2, 0.25) is 25.7 Å². The first kappa shape index (κ1) is 10.4. The molecular formula is C7H12NSiTl. The number of nitriles is 1. The summed E-state index contributed by atoms with van der Waals surface area (Å²) in [5.41, 5.74) is 0. The van der Waals surface area contributed by atoms with Crippen LogP contribution < -0.4 is 0 Å². The second kappa shape index (κ2) is 4.29. The Morgan fingerprint density at radius 1 is 1.60 bits per heavy atom. The Labute approximate surface area is 79.8 Å². The van der Waals surface area contributed by atoms with Crippen molar-refractivity contribution >= 4 is 33.8 Å². The van der Waals surface area contributed by atoms with Crippen LogP contribution in [0.3, 0.4) is 0 Å². The number of hydrogen-bond acceptors (Lipinski definition) is 1. The van der Waals surface area contributed by atoms with Gasteiger partial charge in [0.2, 0.25) is 0 Å². The maximum absolute atomic E-state index is 8.47. The van der Waals surface area contributed by atoms with Crippen molar-refractivity contribution in [2.45, 2.75) is 25.7 Å². The summed E-state index contributed by atoms with van der Waals surface area (Å²) in [5, 5.41) is 8.47. The quantitative estimate of drug-likeness (QED) is 0.555. The van der Waals surface area contributed by atoms with E-state index in [1.807, 2.05) is 0 Å². The van der Waals surface area contributed by atoms with Gasteiger partial charge in [0.15, 0.2) is 0 Å². The fourth-order valence-corrected chi connectivity index (χ4v) is 2.67.